The van der Waals surface area contributed by atoms with Gasteiger partial charge in [-0.25, -0.2) is 0 Å². The Balaban J connectivity index is 1.82. The fourth-order valence-electron chi connectivity index (χ4n) is 6.19. The first-order valence-electron chi connectivity index (χ1n) is 9.34. The zero-order valence-electron chi connectivity index (χ0n) is 14.7. The van der Waals surface area contributed by atoms with Gasteiger partial charge in [0.25, 0.3) is 0 Å². The van der Waals surface area contributed by atoms with Gasteiger partial charge in [-0.3, -0.25) is 14.4 Å². The number of hydrogen-bond acceptors (Lipinski definition) is 3. The van der Waals surface area contributed by atoms with Crippen molar-refractivity contribution in [3.8, 4) is 0 Å². The SMILES string of the molecule is CC(=O)CC12CCC(=O)C=C1CC[C@@H]1C2=CC[C@]2(C)C(=O)CC[C@@H]12. The summed E-state index contributed by atoms with van der Waals surface area (Å²) < 4.78 is 0. The predicted molar refractivity (Wildman–Crippen MR) is 91.3 cm³/mol. The minimum absolute atomic E-state index is 0.197. The highest BCUT2D eigenvalue weighted by molar-refractivity contribution is 5.93. The highest BCUT2D eigenvalue weighted by Gasteiger charge is 2.57. The molecular weight excluding hydrogens is 300 g/mol. The molecule has 0 radical (unpaired) electrons. The third kappa shape index (κ3) is 2.06. The molecule has 4 atom stereocenters. The van der Waals surface area contributed by atoms with Gasteiger partial charge >= 0.3 is 0 Å². The number of carbonyl (C=O) groups is 3. The molecule has 0 spiro atoms. The monoisotopic (exact) mass is 326 g/mol. The lowest BCUT2D eigenvalue weighted by molar-refractivity contribution is -0.127. The van der Waals surface area contributed by atoms with Crippen molar-refractivity contribution in [2.45, 2.75) is 65.2 Å². The summed E-state index contributed by atoms with van der Waals surface area (Å²) >= 11 is 0. The Hall–Kier alpha value is -1.51. The molecule has 0 aliphatic heterocycles. The van der Waals surface area contributed by atoms with Gasteiger partial charge < -0.3 is 0 Å². The van der Waals surface area contributed by atoms with Crippen LogP contribution in [-0.4, -0.2) is 17.3 Å². The molecule has 3 nitrogen and oxygen atoms in total. The number of fused-ring (bicyclic) bond motifs is 5. The van der Waals surface area contributed by atoms with Crippen molar-refractivity contribution >= 4 is 17.3 Å². The standard InChI is InChI=1S/C21H26O3/c1-13(22)12-21-10-7-15(23)11-14(21)3-4-16-17-5-6-19(24)20(17,2)9-8-18(16)21/h8,11,16-17H,3-7,9-10,12H2,1-2H3/t16-,17-,20-,21?/m0/s1. The quantitative estimate of drug-likeness (QED) is 0.722. The average Bonchev–Trinajstić information content (AvgIpc) is 2.83. The molecule has 0 bridgehead atoms. The van der Waals surface area contributed by atoms with Gasteiger partial charge in [0.2, 0.25) is 0 Å². The molecule has 2 saturated carbocycles. The molecular formula is C21H26O3. The van der Waals surface area contributed by atoms with Crippen molar-refractivity contribution in [1.29, 1.82) is 0 Å². The second-order valence-electron chi connectivity index (χ2n) is 8.59. The summed E-state index contributed by atoms with van der Waals surface area (Å²) in [6, 6.07) is 0. The van der Waals surface area contributed by atoms with Crippen LogP contribution in [0.25, 0.3) is 0 Å². The van der Waals surface area contributed by atoms with E-state index in [9.17, 15) is 14.4 Å². The van der Waals surface area contributed by atoms with Crippen LogP contribution in [0, 0.1) is 22.7 Å². The van der Waals surface area contributed by atoms with Gasteiger partial charge in [-0.1, -0.05) is 24.1 Å². The Morgan fingerprint density at radius 3 is 2.75 bits per heavy atom. The molecule has 0 aromatic rings. The zero-order valence-corrected chi connectivity index (χ0v) is 14.7. The molecule has 1 unspecified atom stereocenters. The van der Waals surface area contributed by atoms with E-state index in [1.807, 2.05) is 6.08 Å². The Bertz CT molecular complexity index is 698. The van der Waals surface area contributed by atoms with Crippen molar-refractivity contribution in [1.82, 2.24) is 0 Å². The molecule has 0 amide bonds. The zero-order chi connectivity index (χ0) is 17.1. The first-order valence-corrected chi connectivity index (χ1v) is 9.34. The summed E-state index contributed by atoms with van der Waals surface area (Å²) in [6.07, 6.45) is 10.4. The largest absolute Gasteiger partial charge is 0.300 e. The Kier molecular flexibility index (Phi) is 3.49. The van der Waals surface area contributed by atoms with E-state index >= 15 is 0 Å². The summed E-state index contributed by atoms with van der Waals surface area (Å²) in [5.74, 6) is 1.67. The molecule has 4 rings (SSSR count). The van der Waals surface area contributed by atoms with Crippen LogP contribution in [-0.2, 0) is 14.4 Å². The number of rotatable bonds is 2. The molecule has 0 saturated heterocycles. The Labute approximate surface area is 143 Å². The molecule has 0 aromatic heterocycles. The van der Waals surface area contributed by atoms with Gasteiger partial charge in [0.05, 0.1) is 0 Å². The summed E-state index contributed by atoms with van der Waals surface area (Å²) in [7, 11) is 0. The van der Waals surface area contributed by atoms with Crippen molar-refractivity contribution in [2.75, 3.05) is 0 Å². The number of carbonyl (C=O) groups excluding carboxylic acids is 3. The summed E-state index contributed by atoms with van der Waals surface area (Å²) in [6.45, 7) is 3.81. The van der Waals surface area contributed by atoms with Crippen molar-refractivity contribution in [3.63, 3.8) is 0 Å². The molecule has 0 heterocycles. The number of Topliss-reactive ketones (excluding diaryl/α,β-unsaturated/α-hetero) is 2. The lowest BCUT2D eigenvalue weighted by Crippen LogP contribution is -2.46. The maximum atomic E-state index is 12.4. The first kappa shape index (κ1) is 16.0. The predicted octanol–water partition coefficient (Wildman–Crippen LogP) is 3.97. The normalized spacial score (nSPS) is 41.1. The fraction of sp³-hybridized carbons (Fsp3) is 0.667. The lowest BCUT2D eigenvalue weighted by atomic mass is 9.50. The van der Waals surface area contributed by atoms with Crippen LogP contribution in [0.5, 0.6) is 0 Å². The van der Waals surface area contributed by atoms with Crippen molar-refractivity contribution < 1.29 is 14.4 Å². The molecule has 24 heavy (non-hydrogen) atoms. The van der Waals surface area contributed by atoms with Crippen LogP contribution < -0.4 is 0 Å². The Morgan fingerprint density at radius 2 is 2.00 bits per heavy atom. The van der Waals surface area contributed by atoms with E-state index in [-0.39, 0.29) is 22.4 Å². The number of ketones is 3. The van der Waals surface area contributed by atoms with Crippen LogP contribution in [0.3, 0.4) is 0 Å². The number of hydrogen-bond donors (Lipinski definition) is 0. The van der Waals surface area contributed by atoms with Crippen molar-refractivity contribution in [2.24, 2.45) is 22.7 Å². The molecule has 3 heteroatoms. The van der Waals surface area contributed by atoms with Gasteiger partial charge in [0.15, 0.2) is 5.78 Å². The summed E-state index contributed by atoms with van der Waals surface area (Å²) in [5.41, 5.74) is 2.15. The first-order chi connectivity index (χ1) is 11.4. The lowest BCUT2D eigenvalue weighted by Gasteiger charge is -2.53. The Morgan fingerprint density at radius 1 is 1.21 bits per heavy atom. The smallest absolute Gasteiger partial charge is 0.155 e. The van der Waals surface area contributed by atoms with E-state index in [4.69, 9.17) is 0 Å². The average molecular weight is 326 g/mol. The second kappa shape index (κ2) is 5.24. The molecule has 0 aromatic carbocycles. The molecule has 4 aliphatic rings. The fourth-order valence-corrected chi connectivity index (χ4v) is 6.19. The maximum Gasteiger partial charge on any atom is 0.155 e. The summed E-state index contributed by atoms with van der Waals surface area (Å²) in [4.78, 5) is 36.5. The highest BCUT2D eigenvalue weighted by atomic mass is 16.1. The van der Waals surface area contributed by atoms with Crippen LogP contribution in [0.4, 0.5) is 0 Å². The minimum atomic E-state index is -0.227. The van der Waals surface area contributed by atoms with Gasteiger partial charge in [0.1, 0.15) is 11.6 Å². The van der Waals surface area contributed by atoms with Gasteiger partial charge in [-0.05, 0) is 56.9 Å². The van der Waals surface area contributed by atoms with E-state index in [0.29, 0.717) is 36.9 Å². The maximum absolute atomic E-state index is 12.4. The molecule has 128 valence electrons. The van der Waals surface area contributed by atoms with Crippen LogP contribution in [0.15, 0.2) is 23.3 Å². The molecule has 4 aliphatic carbocycles. The highest BCUT2D eigenvalue weighted by Crippen LogP contribution is 2.63. The molecule has 0 N–H and O–H groups in total. The molecule has 2 fully saturated rings. The third-order valence-electron chi connectivity index (χ3n) is 7.35. The van der Waals surface area contributed by atoms with Crippen LogP contribution >= 0.6 is 0 Å². The third-order valence-corrected chi connectivity index (χ3v) is 7.35. The van der Waals surface area contributed by atoms with E-state index in [1.54, 1.807) is 6.92 Å². The van der Waals surface area contributed by atoms with E-state index in [2.05, 4.69) is 13.0 Å². The topological polar surface area (TPSA) is 51.2 Å². The van der Waals surface area contributed by atoms with E-state index in [1.165, 1.54) is 11.1 Å². The number of allylic oxidation sites excluding steroid dienone is 4. The van der Waals surface area contributed by atoms with E-state index < -0.39 is 0 Å². The van der Waals surface area contributed by atoms with Gasteiger partial charge in [0, 0.05) is 30.1 Å². The summed E-state index contributed by atoms with van der Waals surface area (Å²) in [5, 5.41) is 0. The van der Waals surface area contributed by atoms with Gasteiger partial charge in [-0.15, -0.1) is 0 Å². The van der Waals surface area contributed by atoms with Crippen molar-refractivity contribution in [3.05, 3.63) is 23.3 Å². The van der Waals surface area contributed by atoms with Crippen LogP contribution in [0.1, 0.15) is 65.2 Å². The van der Waals surface area contributed by atoms with Crippen LogP contribution in [0.2, 0.25) is 0 Å². The second-order valence-corrected chi connectivity index (χ2v) is 8.59. The van der Waals surface area contributed by atoms with E-state index in [0.717, 1.165) is 32.1 Å². The van der Waals surface area contributed by atoms with Gasteiger partial charge in [-0.2, -0.15) is 0 Å². The minimum Gasteiger partial charge on any atom is -0.300 e.